The fourth-order valence-electron chi connectivity index (χ4n) is 1.38. The van der Waals surface area contributed by atoms with E-state index in [4.69, 9.17) is 4.74 Å². The minimum atomic E-state index is -2.83. The van der Waals surface area contributed by atoms with Crippen LogP contribution in [0.5, 0.6) is 0 Å². The minimum Gasteiger partial charge on any atom is -0.376 e. The number of alkyl halides is 1. The van der Waals surface area contributed by atoms with E-state index in [0.717, 1.165) is 6.42 Å². The molecule has 3 nitrogen and oxygen atoms in total. The summed E-state index contributed by atoms with van der Waals surface area (Å²) in [5, 5.41) is 0. The number of sulfone groups is 1. The van der Waals surface area contributed by atoms with E-state index in [0.29, 0.717) is 12.5 Å². The maximum absolute atomic E-state index is 11.3. The molecule has 1 aliphatic heterocycles. The molecule has 1 rings (SSSR count). The van der Waals surface area contributed by atoms with E-state index >= 15 is 0 Å². The van der Waals surface area contributed by atoms with Crippen LogP contribution in [-0.2, 0) is 14.6 Å². The Labute approximate surface area is 99.7 Å². The second-order valence-corrected chi connectivity index (χ2v) is 7.94. The molecule has 0 aliphatic carbocycles. The quantitative estimate of drug-likeness (QED) is 0.581. The Morgan fingerprint density at radius 1 is 1.43 bits per heavy atom. The lowest BCUT2D eigenvalue weighted by atomic mass is 10.1. The molecule has 1 heterocycles. The molecule has 1 saturated heterocycles. The molecule has 0 saturated carbocycles. The molecule has 2 atom stereocenters. The molecule has 0 spiro atoms. The monoisotopic (exact) mass is 332 g/mol. The Bertz CT molecular complexity index is 274. The summed E-state index contributed by atoms with van der Waals surface area (Å²) >= 11 is 2.17. The van der Waals surface area contributed by atoms with Crippen molar-refractivity contribution < 1.29 is 13.2 Å². The molecule has 84 valence electrons. The molecule has 14 heavy (non-hydrogen) atoms. The highest BCUT2D eigenvalue weighted by Gasteiger charge is 2.36. The molecule has 1 fully saturated rings. The van der Waals surface area contributed by atoms with Gasteiger partial charge in [-0.05, 0) is 12.3 Å². The van der Waals surface area contributed by atoms with Crippen LogP contribution in [0.3, 0.4) is 0 Å². The second kappa shape index (κ2) is 5.12. The van der Waals surface area contributed by atoms with E-state index in [1.54, 1.807) is 0 Å². The lowest BCUT2D eigenvalue weighted by molar-refractivity contribution is 0.0692. The first kappa shape index (κ1) is 12.7. The summed E-state index contributed by atoms with van der Waals surface area (Å²) in [6.07, 6.45) is 0.916. The van der Waals surface area contributed by atoms with Crippen molar-refractivity contribution in [2.45, 2.75) is 30.3 Å². The topological polar surface area (TPSA) is 43.4 Å². The van der Waals surface area contributed by atoms with Gasteiger partial charge in [0.05, 0.1) is 21.5 Å². The number of ether oxygens (including phenoxy) is 1. The van der Waals surface area contributed by atoms with Gasteiger partial charge in [0.2, 0.25) is 0 Å². The highest BCUT2D eigenvalue weighted by Crippen LogP contribution is 2.23. The molecule has 0 amide bonds. The standard InChI is InChI=1S/C9H17IO3S/c1-7(2)3-4-13-9-6-14(11,12)5-8(9)10/h7-9H,3-6H2,1-2H3. The zero-order valence-corrected chi connectivity index (χ0v) is 11.5. The molecule has 0 aromatic carbocycles. The smallest absolute Gasteiger partial charge is 0.154 e. The number of halogens is 1. The zero-order chi connectivity index (χ0) is 10.8. The summed E-state index contributed by atoms with van der Waals surface area (Å²) in [7, 11) is -2.83. The fraction of sp³-hybridized carbons (Fsp3) is 1.00. The number of hydrogen-bond donors (Lipinski definition) is 0. The van der Waals surface area contributed by atoms with Crippen molar-refractivity contribution in [1.82, 2.24) is 0 Å². The average Bonchev–Trinajstić information content (AvgIpc) is 2.24. The van der Waals surface area contributed by atoms with Gasteiger partial charge in [0.25, 0.3) is 0 Å². The summed E-state index contributed by atoms with van der Waals surface area (Å²) in [6, 6.07) is 0. The SMILES string of the molecule is CC(C)CCOC1CS(=O)(=O)CC1I. The normalized spacial score (nSPS) is 31.1. The van der Waals surface area contributed by atoms with Crippen LogP contribution in [0.4, 0.5) is 0 Å². The van der Waals surface area contributed by atoms with E-state index in [2.05, 4.69) is 36.4 Å². The summed E-state index contributed by atoms with van der Waals surface area (Å²) in [4.78, 5) is 0. The fourth-order valence-corrected chi connectivity index (χ4v) is 5.50. The molecule has 0 bridgehead atoms. The lowest BCUT2D eigenvalue weighted by Gasteiger charge is -2.14. The molecular formula is C9H17IO3S. The molecule has 0 radical (unpaired) electrons. The van der Waals surface area contributed by atoms with Gasteiger partial charge in [0, 0.05) is 6.61 Å². The summed E-state index contributed by atoms with van der Waals surface area (Å²) in [6.45, 7) is 4.95. The van der Waals surface area contributed by atoms with Gasteiger partial charge in [-0.25, -0.2) is 8.42 Å². The highest BCUT2D eigenvalue weighted by atomic mass is 127. The maximum atomic E-state index is 11.3. The Kier molecular flexibility index (Phi) is 4.64. The maximum Gasteiger partial charge on any atom is 0.154 e. The van der Waals surface area contributed by atoms with Crippen LogP contribution in [0.1, 0.15) is 20.3 Å². The Morgan fingerprint density at radius 2 is 2.07 bits per heavy atom. The first-order valence-corrected chi connectivity index (χ1v) is 7.93. The third-order valence-corrected chi connectivity index (χ3v) is 5.81. The van der Waals surface area contributed by atoms with Gasteiger partial charge in [0.1, 0.15) is 0 Å². The Hall–Kier alpha value is 0.640. The van der Waals surface area contributed by atoms with Crippen molar-refractivity contribution in [1.29, 1.82) is 0 Å². The largest absolute Gasteiger partial charge is 0.376 e. The molecule has 5 heteroatoms. The van der Waals surface area contributed by atoms with Gasteiger partial charge in [0.15, 0.2) is 9.84 Å². The van der Waals surface area contributed by atoms with Gasteiger partial charge < -0.3 is 4.74 Å². The van der Waals surface area contributed by atoms with Crippen LogP contribution >= 0.6 is 22.6 Å². The summed E-state index contributed by atoms with van der Waals surface area (Å²) in [5.41, 5.74) is 0. The van der Waals surface area contributed by atoms with Crippen LogP contribution in [0.2, 0.25) is 0 Å². The van der Waals surface area contributed by atoms with E-state index in [9.17, 15) is 8.42 Å². The van der Waals surface area contributed by atoms with Crippen molar-refractivity contribution in [2.24, 2.45) is 5.92 Å². The van der Waals surface area contributed by atoms with Crippen LogP contribution < -0.4 is 0 Å². The van der Waals surface area contributed by atoms with Crippen LogP contribution in [-0.4, -0.2) is 36.6 Å². The molecule has 0 aromatic rings. The zero-order valence-electron chi connectivity index (χ0n) is 8.57. The van der Waals surface area contributed by atoms with Crippen LogP contribution in [0.25, 0.3) is 0 Å². The Balaban J connectivity index is 2.33. The first-order valence-electron chi connectivity index (χ1n) is 4.87. The molecule has 1 aliphatic rings. The van der Waals surface area contributed by atoms with E-state index in [1.807, 2.05) is 0 Å². The van der Waals surface area contributed by atoms with Crippen molar-refractivity contribution in [3.05, 3.63) is 0 Å². The van der Waals surface area contributed by atoms with Crippen LogP contribution in [0, 0.1) is 5.92 Å². The average molecular weight is 332 g/mol. The van der Waals surface area contributed by atoms with Crippen molar-refractivity contribution in [2.75, 3.05) is 18.1 Å². The van der Waals surface area contributed by atoms with Crippen LogP contribution in [0.15, 0.2) is 0 Å². The van der Waals surface area contributed by atoms with E-state index in [-0.39, 0.29) is 21.5 Å². The molecule has 0 N–H and O–H groups in total. The summed E-state index contributed by atoms with van der Waals surface area (Å²) in [5.74, 6) is 1.10. The third kappa shape index (κ3) is 4.02. The second-order valence-electron chi connectivity index (χ2n) is 4.18. The summed E-state index contributed by atoms with van der Waals surface area (Å²) < 4.78 is 28.2. The Morgan fingerprint density at radius 3 is 2.50 bits per heavy atom. The van der Waals surface area contributed by atoms with E-state index in [1.165, 1.54) is 0 Å². The first-order chi connectivity index (χ1) is 6.41. The molecular weight excluding hydrogens is 315 g/mol. The lowest BCUT2D eigenvalue weighted by Crippen LogP contribution is -2.23. The van der Waals surface area contributed by atoms with Gasteiger partial charge in [-0.15, -0.1) is 0 Å². The number of rotatable bonds is 4. The van der Waals surface area contributed by atoms with E-state index < -0.39 is 9.84 Å². The van der Waals surface area contributed by atoms with Crippen molar-refractivity contribution >= 4 is 32.4 Å². The number of hydrogen-bond acceptors (Lipinski definition) is 3. The predicted molar refractivity (Wildman–Crippen MR) is 65.7 cm³/mol. The minimum absolute atomic E-state index is 0.0839. The van der Waals surface area contributed by atoms with Gasteiger partial charge in [-0.3, -0.25) is 0 Å². The third-order valence-electron chi connectivity index (χ3n) is 2.26. The van der Waals surface area contributed by atoms with Gasteiger partial charge in [-0.1, -0.05) is 36.4 Å². The highest BCUT2D eigenvalue weighted by molar-refractivity contribution is 14.1. The van der Waals surface area contributed by atoms with Gasteiger partial charge in [-0.2, -0.15) is 0 Å². The molecule has 0 aromatic heterocycles. The van der Waals surface area contributed by atoms with Gasteiger partial charge >= 0.3 is 0 Å². The molecule has 2 unspecified atom stereocenters. The predicted octanol–water partition coefficient (Wildman–Crippen LogP) is 1.65. The van der Waals surface area contributed by atoms with Crippen molar-refractivity contribution in [3.63, 3.8) is 0 Å². The van der Waals surface area contributed by atoms with Crippen molar-refractivity contribution in [3.8, 4) is 0 Å².